The maximum Gasteiger partial charge on any atom is 0.256 e. The predicted molar refractivity (Wildman–Crippen MR) is 95.1 cm³/mol. The molecule has 1 atom stereocenters. The van der Waals surface area contributed by atoms with Crippen LogP contribution in [0.4, 0.5) is 11.4 Å². The third-order valence-electron chi connectivity index (χ3n) is 3.50. The minimum absolute atomic E-state index is 0.0672. The van der Waals surface area contributed by atoms with Crippen LogP contribution in [-0.4, -0.2) is 17.9 Å². The molecule has 4 nitrogen and oxygen atoms in total. The average molecular weight is 414 g/mol. The van der Waals surface area contributed by atoms with E-state index in [1.165, 1.54) is 0 Å². The van der Waals surface area contributed by atoms with E-state index in [2.05, 4.69) is 21.2 Å². The topological polar surface area (TPSA) is 49.4 Å². The molecule has 0 bridgehead atoms. The van der Waals surface area contributed by atoms with E-state index in [1.54, 1.807) is 18.2 Å². The molecule has 0 spiro atoms. The van der Waals surface area contributed by atoms with E-state index in [-0.39, 0.29) is 23.3 Å². The number of carbonyl (C=O) groups excluding carboxylic acids is 2. The van der Waals surface area contributed by atoms with Gasteiger partial charge >= 0.3 is 0 Å². The number of amides is 2. The van der Waals surface area contributed by atoms with Crippen molar-refractivity contribution in [3.63, 3.8) is 0 Å². The van der Waals surface area contributed by atoms with Crippen LogP contribution in [0.2, 0.25) is 10.0 Å². The van der Waals surface area contributed by atoms with Gasteiger partial charge in [0.2, 0.25) is 5.91 Å². The van der Waals surface area contributed by atoms with Gasteiger partial charge in [-0.15, -0.1) is 0 Å². The molecule has 1 N–H and O–H groups in total. The first kappa shape index (κ1) is 16.3. The molecule has 0 saturated carbocycles. The van der Waals surface area contributed by atoms with E-state index >= 15 is 0 Å². The lowest BCUT2D eigenvalue weighted by molar-refractivity contribution is -0.121. The third kappa shape index (κ3) is 3.22. The van der Waals surface area contributed by atoms with Crippen LogP contribution >= 0.6 is 39.1 Å². The monoisotopic (exact) mass is 412 g/mol. The number of imide groups is 1. The maximum atomic E-state index is 12.6. The van der Waals surface area contributed by atoms with E-state index in [1.807, 2.05) is 24.3 Å². The number of nitrogens with one attached hydrogen (secondary N) is 1. The highest BCUT2D eigenvalue weighted by atomic mass is 79.9. The summed E-state index contributed by atoms with van der Waals surface area (Å²) in [6, 6.07) is 11.6. The molecule has 0 aliphatic carbocycles. The molecule has 1 saturated heterocycles. The van der Waals surface area contributed by atoms with Gasteiger partial charge < -0.3 is 5.32 Å². The summed E-state index contributed by atoms with van der Waals surface area (Å²) in [7, 11) is 0. The van der Waals surface area contributed by atoms with E-state index in [0.29, 0.717) is 10.7 Å². The molecule has 2 amide bonds. The summed E-state index contributed by atoms with van der Waals surface area (Å²) in [6.45, 7) is 0. The summed E-state index contributed by atoms with van der Waals surface area (Å²) in [5.41, 5.74) is 1.08. The fourth-order valence-corrected chi connectivity index (χ4v) is 3.05. The van der Waals surface area contributed by atoms with Crippen LogP contribution in [0.3, 0.4) is 0 Å². The Bertz CT molecular complexity index is 780. The van der Waals surface area contributed by atoms with Crippen molar-refractivity contribution in [2.24, 2.45) is 0 Å². The lowest BCUT2D eigenvalue weighted by Crippen LogP contribution is -2.35. The van der Waals surface area contributed by atoms with Crippen molar-refractivity contribution in [2.75, 3.05) is 10.2 Å². The van der Waals surface area contributed by atoms with E-state index < -0.39 is 6.04 Å². The number of hydrogen-bond acceptors (Lipinski definition) is 3. The molecular weight excluding hydrogens is 403 g/mol. The van der Waals surface area contributed by atoms with E-state index in [4.69, 9.17) is 23.2 Å². The maximum absolute atomic E-state index is 12.6. The lowest BCUT2D eigenvalue weighted by Gasteiger charge is -2.17. The zero-order valence-electron chi connectivity index (χ0n) is 11.7. The minimum atomic E-state index is -0.626. The smallest absolute Gasteiger partial charge is 0.256 e. The van der Waals surface area contributed by atoms with Gasteiger partial charge in [-0.3, -0.25) is 9.59 Å². The normalized spacial score (nSPS) is 17.7. The van der Waals surface area contributed by atoms with Crippen molar-refractivity contribution in [3.05, 3.63) is 57.0 Å². The van der Waals surface area contributed by atoms with Crippen molar-refractivity contribution in [2.45, 2.75) is 12.5 Å². The average Bonchev–Trinajstić information content (AvgIpc) is 2.79. The Balaban J connectivity index is 1.85. The number of halogens is 3. The standard InChI is InChI=1S/C16H11BrCl2N2O2/c17-9-4-6-10(7-5-9)20-12-8-14(22)21(16(12)23)13-3-1-2-11(18)15(13)19/h1-7,12,20H,8H2. The van der Waals surface area contributed by atoms with Crippen LogP contribution in [0.15, 0.2) is 46.9 Å². The molecular formula is C16H11BrCl2N2O2. The van der Waals surface area contributed by atoms with Crippen LogP contribution in [0.5, 0.6) is 0 Å². The van der Waals surface area contributed by atoms with Gasteiger partial charge in [0.1, 0.15) is 6.04 Å². The predicted octanol–water partition coefficient (Wildman–Crippen LogP) is 4.50. The Hall–Kier alpha value is -1.56. The second-order valence-electron chi connectivity index (χ2n) is 5.05. The van der Waals surface area contributed by atoms with E-state index in [9.17, 15) is 9.59 Å². The van der Waals surface area contributed by atoms with Gasteiger partial charge in [0.15, 0.2) is 0 Å². The van der Waals surface area contributed by atoms with Crippen molar-refractivity contribution in [1.29, 1.82) is 0 Å². The molecule has 1 aliphatic rings. The fourth-order valence-electron chi connectivity index (χ4n) is 2.41. The Labute approximate surface area is 151 Å². The number of rotatable bonds is 3. The van der Waals surface area contributed by atoms with Crippen LogP contribution in [0.1, 0.15) is 6.42 Å². The molecule has 3 rings (SSSR count). The summed E-state index contributed by atoms with van der Waals surface area (Å²) in [5, 5.41) is 3.57. The number of hydrogen-bond donors (Lipinski definition) is 1. The van der Waals surface area contributed by atoms with Crippen molar-refractivity contribution in [3.8, 4) is 0 Å². The highest BCUT2D eigenvalue weighted by Gasteiger charge is 2.40. The van der Waals surface area contributed by atoms with Gasteiger partial charge in [-0.1, -0.05) is 45.2 Å². The molecule has 118 valence electrons. The van der Waals surface area contributed by atoms with Crippen molar-refractivity contribution in [1.82, 2.24) is 0 Å². The number of anilines is 2. The minimum Gasteiger partial charge on any atom is -0.373 e. The molecule has 1 fully saturated rings. The molecule has 0 aromatic heterocycles. The summed E-state index contributed by atoms with van der Waals surface area (Å²) in [5.74, 6) is -0.657. The quantitative estimate of drug-likeness (QED) is 0.753. The molecule has 0 radical (unpaired) electrons. The highest BCUT2D eigenvalue weighted by Crippen LogP contribution is 2.35. The molecule has 7 heteroatoms. The number of benzene rings is 2. The van der Waals surface area contributed by atoms with Gasteiger partial charge in [-0.05, 0) is 36.4 Å². The largest absolute Gasteiger partial charge is 0.373 e. The van der Waals surface area contributed by atoms with Crippen molar-refractivity contribution < 1.29 is 9.59 Å². The molecule has 2 aromatic carbocycles. The summed E-state index contributed by atoms with van der Waals surface area (Å²) in [6.07, 6.45) is 0.0672. The first-order valence-corrected chi connectivity index (χ1v) is 8.35. The summed E-state index contributed by atoms with van der Waals surface area (Å²) >= 11 is 15.4. The van der Waals surface area contributed by atoms with Gasteiger partial charge in [0, 0.05) is 10.2 Å². The van der Waals surface area contributed by atoms with E-state index in [0.717, 1.165) is 15.1 Å². The zero-order chi connectivity index (χ0) is 16.6. The Morgan fingerprint density at radius 3 is 2.48 bits per heavy atom. The molecule has 23 heavy (non-hydrogen) atoms. The molecule has 1 aliphatic heterocycles. The highest BCUT2D eigenvalue weighted by molar-refractivity contribution is 9.10. The second kappa shape index (κ2) is 6.51. The SMILES string of the molecule is O=C1CC(Nc2ccc(Br)cc2)C(=O)N1c1cccc(Cl)c1Cl. The summed E-state index contributed by atoms with van der Waals surface area (Å²) < 4.78 is 0.934. The van der Waals surface area contributed by atoms with Gasteiger partial charge in [-0.2, -0.15) is 0 Å². The first-order valence-electron chi connectivity index (χ1n) is 6.80. The Morgan fingerprint density at radius 2 is 1.78 bits per heavy atom. The first-order chi connectivity index (χ1) is 11.0. The second-order valence-corrected chi connectivity index (χ2v) is 6.75. The van der Waals surface area contributed by atoms with Gasteiger partial charge in [-0.25, -0.2) is 4.90 Å². The van der Waals surface area contributed by atoms with Crippen LogP contribution < -0.4 is 10.2 Å². The molecule has 2 aromatic rings. The third-order valence-corrected chi connectivity index (χ3v) is 4.84. The number of nitrogens with zero attached hydrogens (tertiary/aromatic N) is 1. The van der Waals surface area contributed by atoms with Crippen LogP contribution in [0, 0.1) is 0 Å². The van der Waals surface area contributed by atoms with Gasteiger partial charge in [0.25, 0.3) is 5.91 Å². The molecule has 1 unspecified atom stereocenters. The zero-order valence-corrected chi connectivity index (χ0v) is 14.8. The Kier molecular flexibility index (Phi) is 4.62. The lowest BCUT2D eigenvalue weighted by atomic mass is 10.2. The number of carbonyl (C=O) groups is 2. The van der Waals surface area contributed by atoms with Crippen molar-refractivity contribution >= 4 is 62.3 Å². The fraction of sp³-hybridized carbons (Fsp3) is 0.125. The summed E-state index contributed by atoms with van der Waals surface area (Å²) in [4.78, 5) is 25.9. The molecule has 1 heterocycles. The van der Waals surface area contributed by atoms with Crippen LogP contribution in [-0.2, 0) is 9.59 Å². The van der Waals surface area contributed by atoms with Crippen LogP contribution in [0.25, 0.3) is 0 Å². The Morgan fingerprint density at radius 1 is 1.09 bits per heavy atom. The van der Waals surface area contributed by atoms with Gasteiger partial charge in [0.05, 0.1) is 22.2 Å².